The van der Waals surface area contributed by atoms with Crippen molar-refractivity contribution in [3.05, 3.63) is 40.0 Å². The van der Waals surface area contributed by atoms with Gasteiger partial charge >= 0.3 is 0 Å². The second-order valence-electron chi connectivity index (χ2n) is 3.51. The fourth-order valence-corrected chi connectivity index (χ4v) is 2.83. The van der Waals surface area contributed by atoms with Crippen molar-refractivity contribution in [2.75, 3.05) is 7.11 Å². The first-order valence-corrected chi connectivity index (χ1v) is 5.75. The Morgan fingerprint density at radius 3 is 2.94 bits per heavy atom. The number of rotatable bonds is 1. The summed E-state index contributed by atoms with van der Waals surface area (Å²) < 4.78 is 6.01. The molecule has 0 amide bonds. The highest BCUT2D eigenvalue weighted by Gasteiger charge is 2.11. The van der Waals surface area contributed by atoms with E-state index in [0.29, 0.717) is 0 Å². The van der Waals surface area contributed by atoms with Gasteiger partial charge in [0.25, 0.3) is 5.56 Å². The van der Waals surface area contributed by atoms with Crippen LogP contribution < -0.4 is 10.3 Å². The van der Waals surface area contributed by atoms with E-state index >= 15 is 0 Å². The first-order chi connectivity index (χ1) is 7.81. The Bertz CT molecular complexity index is 727. The van der Waals surface area contributed by atoms with Crippen molar-refractivity contribution in [2.45, 2.75) is 0 Å². The van der Waals surface area contributed by atoms with Crippen LogP contribution in [0.4, 0.5) is 0 Å². The molecule has 0 saturated carbocycles. The molecule has 2 aromatic heterocycles. The second kappa shape index (κ2) is 3.35. The smallest absolute Gasteiger partial charge is 0.266 e. The fourth-order valence-electron chi connectivity index (χ4n) is 1.90. The Morgan fingerprint density at radius 1 is 1.31 bits per heavy atom. The molecule has 0 atom stereocenters. The molecule has 0 aliphatic heterocycles. The van der Waals surface area contributed by atoms with Gasteiger partial charge in [0.2, 0.25) is 0 Å². The minimum absolute atomic E-state index is 0.0537. The van der Waals surface area contributed by atoms with Gasteiger partial charge in [-0.2, -0.15) is 0 Å². The van der Waals surface area contributed by atoms with Crippen LogP contribution in [0.5, 0.6) is 5.75 Å². The first-order valence-electron chi connectivity index (χ1n) is 4.87. The highest BCUT2D eigenvalue weighted by atomic mass is 32.1. The third kappa shape index (κ3) is 1.17. The first kappa shape index (κ1) is 9.42. The number of methoxy groups -OCH3 is 1. The summed E-state index contributed by atoms with van der Waals surface area (Å²) in [4.78, 5) is 14.7. The molecule has 1 N–H and O–H groups in total. The van der Waals surface area contributed by atoms with Crippen molar-refractivity contribution < 1.29 is 4.74 Å². The summed E-state index contributed by atoms with van der Waals surface area (Å²) in [5, 5.41) is 3.80. The molecule has 2 heterocycles. The number of para-hydroxylation sites is 1. The molecular weight excluding hydrogens is 222 g/mol. The van der Waals surface area contributed by atoms with Gasteiger partial charge in [0.1, 0.15) is 10.4 Å². The predicted molar refractivity (Wildman–Crippen MR) is 66.5 cm³/mol. The number of ether oxygens (including phenoxy) is 1. The number of H-pyrrole nitrogens is 1. The molecule has 0 fully saturated rings. The average molecular weight is 231 g/mol. The third-order valence-corrected chi connectivity index (χ3v) is 3.59. The van der Waals surface area contributed by atoms with E-state index < -0.39 is 0 Å². The molecule has 0 aliphatic rings. The lowest BCUT2D eigenvalue weighted by molar-refractivity contribution is 0.421. The molecule has 0 unspecified atom stereocenters. The van der Waals surface area contributed by atoms with Crippen molar-refractivity contribution in [2.24, 2.45) is 0 Å². The van der Waals surface area contributed by atoms with E-state index in [-0.39, 0.29) is 5.56 Å². The molecule has 0 saturated heterocycles. The molecule has 16 heavy (non-hydrogen) atoms. The summed E-state index contributed by atoms with van der Waals surface area (Å²) in [6, 6.07) is 7.75. The zero-order valence-corrected chi connectivity index (χ0v) is 9.43. The molecular formula is C12H9NO2S. The molecule has 0 bridgehead atoms. The zero-order valence-electron chi connectivity index (χ0n) is 8.61. The largest absolute Gasteiger partial charge is 0.495 e. The van der Waals surface area contributed by atoms with Crippen molar-refractivity contribution in [1.82, 2.24) is 4.98 Å². The van der Waals surface area contributed by atoms with Crippen LogP contribution in [0.3, 0.4) is 0 Å². The highest BCUT2D eigenvalue weighted by molar-refractivity contribution is 7.17. The third-order valence-electron chi connectivity index (χ3n) is 2.63. The van der Waals surface area contributed by atoms with Gasteiger partial charge in [0.05, 0.1) is 7.11 Å². The summed E-state index contributed by atoms with van der Waals surface area (Å²) in [6.45, 7) is 0. The van der Waals surface area contributed by atoms with Gasteiger partial charge in [-0.3, -0.25) is 4.79 Å². The van der Waals surface area contributed by atoms with Crippen LogP contribution in [0.25, 0.3) is 21.0 Å². The number of pyridine rings is 1. The SMILES string of the molecule is COc1csc2c(=O)[nH]c3ccccc3c12. The van der Waals surface area contributed by atoms with E-state index in [0.717, 1.165) is 26.7 Å². The predicted octanol–water partition coefficient (Wildman–Crippen LogP) is 2.75. The fraction of sp³-hybridized carbons (Fsp3) is 0.0833. The molecule has 3 aromatic rings. The number of hydrogen-bond donors (Lipinski definition) is 1. The van der Waals surface area contributed by atoms with Gasteiger partial charge in [0, 0.05) is 21.7 Å². The molecule has 80 valence electrons. The standard InChI is InChI=1S/C12H9NO2S/c1-15-9-6-16-11-10(9)7-4-2-3-5-8(7)13-12(11)14/h2-6H,1H3,(H,13,14). The second-order valence-corrected chi connectivity index (χ2v) is 4.39. The number of aromatic amines is 1. The number of aromatic nitrogens is 1. The van der Waals surface area contributed by atoms with Gasteiger partial charge < -0.3 is 9.72 Å². The van der Waals surface area contributed by atoms with Gasteiger partial charge in [0.15, 0.2) is 0 Å². The summed E-state index contributed by atoms with van der Waals surface area (Å²) in [6.07, 6.45) is 0. The number of nitrogens with one attached hydrogen (secondary N) is 1. The van der Waals surface area contributed by atoms with Gasteiger partial charge in [-0.05, 0) is 6.07 Å². The maximum atomic E-state index is 11.8. The van der Waals surface area contributed by atoms with Crippen molar-refractivity contribution in [1.29, 1.82) is 0 Å². The Kier molecular flexibility index (Phi) is 1.97. The van der Waals surface area contributed by atoms with Crippen molar-refractivity contribution in [3.63, 3.8) is 0 Å². The Labute approximate surface area is 95.3 Å². The Morgan fingerprint density at radius 2 is 2.12 bits per heavy atom. The molecule has 4 heteroatoms. The molecule has 0 radical (unpaired) electrons. The van der Waals surface area contributed by atoms with Crippen molar-refractivity contribution >= 4 is 32.3 Å². The number of thiophene rings is 1. The lowest BCUT2D eigenvalue weighted by atomic mass is 10.1. The van der Waals surface area contributed by atoms with E-state index in [4.69, 9.17) is 4.74 Å². The minimum Gasteiger partial charge on any atom is -0.495 e. The quantitative estimate of drug-likeness (QED) is 0.699. The lowest BCUT2D eigenvalue weighted by Gasteiger charge is -2.01. The summed E-state index contributed by atoms with van der Waals surface area (Å²) in [5.41, 5.74) is 0.790. The molecule has 0 aliphatic carbocycles. The van der Waals surface area contributed by atoms with Crippen LogP contribution in [0, 0.1) is 0 Å². The van der Waals surface area contributed by atoms with E-state index in [9.17, 15) is 4.79 Å². The maximum Gasteiger partial charge on any atom is 0.266 e. The van der Waals surface area contributed by atoms with E-state index in [1.165, 1.54) is 11.3 Å². The average Bonchev–Trinajstić information content (AvgIpc) is 2.74. The number of benzene rings is 1. The molecule has 3 nitrogen and oxygen atoms in total. The maximum absolute atomic E-state index is 11.8. The number of fused-ring (bicyclic) bond motifs is 3. The van der Waals surface area contributed by atoms with Crippen LogP contribution in [0.15, 0.2) is 34.4 Å². The molecule has 1 aromatic carbocycles. The molecule has 3 rings (SSSR count). The molecule has 0 spiro atoms. The Hall–Kier alpha value is -1.81. The van der Waals surface area contributed by atoms with Gasteiger partial charge in [-0.15, -0.1) is 11.3 Å². The zero-order chi connectivity index (χ0) is 11.1. The normalized spacial score (nSPS) is 11.1. The van der Waals surface area contributed by atoms with E-state index in [1.807, 2.05) is 29.6 Å². The van der Waals surface area contributed by atoms with Crippen LogP contribution in [0.1, 0.15) is 0 Å². The summed E-state index contributed by atoms with van der Waals surface area (Å²) in [5.74, 6) is 0.766. The summed E-state index contributed by atoms with van der Waals surface area (Å²) >= 11 is 1.41. The van der Waals surface area contributed by atoms with Gasteiger partial charge in [-0.1, -0.05) is 18.2 Å². The van der Waals surface area contributed by atoms with Crippen LogP contribution in [0.2, 0.25) is 0 Å². The van der Waals surface area contributed by atoms with Crippen LogP contribution in [-0.4, -0.2) is 12.1 Å². The van der Waals surface area contributed by atoms with Crippen molar-refractivity contribution in [3.8, 4) is 5.75 Å². The monoisotopic (exact) mass is 231 g/mol. The highest BCUT2D eigenvalue weighted by Crippen LogP contribution is 2.34. The van der Waals surface area contributed by atoms with E-state index in [1.54, 1.807) is 7.11 Å². The minimum atomic E-state index is -0.0537. The number of hydrogen-bond acceptors (Lipinski definition) is 3. The topological polar surface area (TPSA) is 42.1 Å². The van der Waals surface area contributed by atoms with E-state index in [2.05, 4.69) is 4.98 Å². The van der Waals surface area contributed by atoms with Crippen LogP contribution in [-0.2, 0) is 0 Å². The lowest BCUT2D eigenvalue weighted by Crippen LogP contribution is -2.04. The summed E-state index contributed by atoms with van der Waals surface area (Å²) in [7, 11) is 1.62. The van der Waals surface area contributed by atoms with Gasteiger partial charge in [-0.25, -0.2) is 0 Å². The Balaban J connectivity index is 2.65. The van der Waals surface area contributed by atoms with Crippen LogP contribution >= 0.6 is 11.3 Å².